The van der Waals surface area contributed by atoms with Crippen molar-refractivity contribution in [2.75, 3.05) is 23.8 Å². The zero-order valence-electron chi connectivity index (χ0n) is 11.5. The Labute approximate surface area is 118 Å². The minimum absolute atomic E-state index is 0.222. The standard InChI is InChI=1S/C14H16N6/c1-11-18-13(17-8-6-15)9-14(19-11)20(2)10-12-5-3-4-7-16-12/h3-5,7,9H,8,10H2,1-2H3,(H,17,18,19). The number of hydrogen-bond acceptors (Lipinski definition) is 6. The fourth-order valence-electron chi connectivity index (χ4n) is 1.78. The highest BCUT2D eigenvalue weighted by molar-refractivity contribution is 5.49. The largest absolute Gasteiger partial charge is 0.357 e. The van der Waals surface area contributed by atoms with Crippen LogP contribution < -0.4 is 10.2 Å². The first-order chi connectivity index (χ1) is 9.69. The van der Waals surface area contributed by atoms with Crippen molar-refractivity contribution in [3.8, 4) is 6.07 Å². The van der Waals surface area contributed by atoms with E-state index in [-0.39, 0.29) is 6.54 Å². The molecule has 2 aromatic heterocycles. The molecule has 0 aliphatic carbocycles. The molecule has 0 aliphatic rings. The fourth-order valence-corrected chi connectivity index (χ4v) is 1.78. The quantitative estimate of drug-likeness (QED) is 0.832. The number of nitriles is 1. The zero-order valence-corrected chi connectivity index (χ0v) is 11.5. The van der Waals surface area contributed by atoms with Crippen LogP contribution in [0.5, 0.6) is 0 Å². The lowest BCUT2D eigenvalue weighted by molar-refractivity contribution is 0.853. The van der Waals surface area contributed by atoms with Gasteiger partial charge >= 0.3 is 0 Å². The summed E-state index contributed by atoms with van der Waals surface area (Å²) < 4.78 is 0. The summed E-state index contributed by atoms with van der Waals surface area (Å²) in [7, 11) is 1.95. The van der Waals surface area contributed by atoms with Crippen molar-refractivity contribution in [1.82, 2.24) is 15.0 Å². The predicted molar refractivity (Wildman–Crippen MR) is 77.2 cm³/mol. The minimum Gasteiger partial charge on any atom is -0.357 e. The topological polar surface area (TPSA) is 77.7 Å². The van der Waals surface area contributed by atoms with Crippen molar-refractivity contribution in [2.45, 2.75) is 13.5 Å². The van der Waals surface area contributed by atoms with E-state index < -0.39 is 0 Å². The van der Waals surface area contributed by atoms with Gasteiger partial charge in [0.2, 0.25) is 0 Å². The molecule has 0 saturated carbocycles. The Morgan fingerprint density at radius 3 is 2.90 bits per heavy atom. The van der Waals surface area contributed by atoms with Gasteiger partial charge in [-0.25, -0.2) is 9.97 Å². The van der Waals surface area contributed by atoms with Gasteiger partial charge in [-0.2, -0.15) is 5.26 Å². The molecule has 0 spiro atoms. The lowest BCUT2D eigenvalue weighted by Gasteiger charge is -2.18. The van der Waals surface area contributed by atoms with E-state index in [2.05, 4.69) is 20.3 Å². The molecule has 0 fully saturated rings. The molecule has 0 radical (unpaired) electrons. The normalized spacial score (nSPS) is 9.85. The maximum atomic E-state index is 8.60. The predicted octanol–water partition coefficient (Wildman–Crippen LogP) is 1.75. The van der Waals surface area contributed by atoms with Crippen molar-refractivity contribution in [1.29, 1.82) is 5.26 Å². The molecule has 0 atom stereocenters. The first-order valence-corrected chi connectivity index (χ1v) is 6.26. The molecule has 2 aromatic rings. The lowest BCUT2D eigenvalue weighted by atomic mass is 10.3. The summed E-state index contributed by atoms with van der Waals surface area (Å²) >= 11 is 0. The summed E-state index contributed by atoms with van der Waals surface area (Å²) in [6.45, 7) is 2.71. The molecular weight excluding hydrogens is 252 g/mol. The molecule has 6 heteroatoms. The Hall–Kier alpha value is -2.68. The first kappa shape index (κ1) is 13.7. The number of nitrogens with one attached hydrogen (secondary N) is 1. The molecule has 0 saturated heterocycles. The average molecular weight is 268 g/mol. The lowest BCUT2D eigenvalue weighted by Crippen LogP contribution is -2.19. The molecule has 2 heterocycles. The number of hydrogen-bond donors (Lipinski definition) is 1. The SMILES string of the molecule is Cc1nc(NCC#N)cc(N(C)Cc2ccccn2)n1. The number of pyridine rings is 1. The third-order valence-corrected chi connectivity index (χ3v) is 2.69. The molecule has 0 unspecified atom stereocenters. The van der Waals surface area contributed by atoms with E-state index in [1.165, 1.54) is 0 Å². The van der Waals surface area contributed by atoms with Crippen LogP contribution in [0.2, 0.25) is 0 Å². The second kappa shape index (κ2) is 6.48. The molecule has 0 aromatic carbocycles. The van der Waals surface area contributed by atoms with Crippen LogP contribution in [0.4, 0.5) is 11.6 Å². The van der Waals surface area contributed by atoms with E-state index in [0.29, 0.717) is 18.2 Å². The van der Waals surface area contributed by atoms with Crippen LogP contribution >= 0.6 is 0 Å². The van der Waals surface area contributed by atoms with Crippen molar-refractivity contribution >= 4 is 11.6 Å². The van der Waals surface area contributed by atoms with Gasteiger partial charge < -0.3 is 10.2 Å². The van der Waals surface area contributed by atoms with Crippen molar-refractivity contribution < 1.29 is 0 Å². The average Bonchev–Trinajstić information content (AvgIpc) is 2.45. The third kappa shape index (κ3) is 3.65. The number of aromatic nitrogens is 3. The molecule has 0 amide bonds. The van der Waals surface area contributed by atoms with Gasteiger partial charge in [0.15, 0.2) is 0 Å². The van der Waals surface area contributed by atoms with Gasteiger partial charge in [-0.15, -0.1) is 0 Å². The molecule has 102 valence electrons. The summed E-state index contributed by atoms with van der Waals surface area (Å²) in [5.74, 6) is 2.11. The Balaban J connectivity index is 2.15. The second-order valence-electron chi connectivity index (χ2n) is 4.35. The summed E-state index contributed by atoms with van der Waals surface area (Å²) in [5, 5.41) is 11.5. The van der Waals surface area contributed by atoms with Gasteiger partial charge in [0.25, 0.3) is 0 Å². The van der Waals surface area contributed by atoms with Crippen molar-refractivity contribution in [3.05, 3.63) is 42.0 Å². The first-order valence-electron chi connectivity index (χ1n) is 6.26. The van der Waals surface area contributed by atoms with Gasteiger partial charge in [0, 0.05) is 19.3 Å². The fraction of sp³-hybridized carbons (Fsp3) is 0.286. The van der Waals surface area contributed by atoms with Crippen LogP contribution in [0.1, 0.15) is 11.5 Å². The van der Waals surface area contributed by atoms with E-state index in [1.54, 1.807) is 6.20 Å². The Morgan fingerprint density at radius 1 is 1.35 bits per heavy atom. The van der Waals surface area contributed by atoms with E-state index in [4.69, 9.17) is 5.26 Å². The number of anilines is 2. The summed E-state index contributed by atoms with van der Waals surface area (Å²) in [6.07, 6.45) is 1.77. The van der Waals surface area contributed by atoms with Crippen LogP contribution in [0, 0.1) is 18.3 Å². The molecule has 0 bridgehead atoms. The maximum absolute atomic E-state index is 8.60. The number of aryl methyl sites for hydroxylation is 1. The Kier molecular flexibility index (Phi) is 4.45. The van der Waals surface area contributed by atoms with Gasteiger partial charge in [0.1, 0.15) is 24.0 Å². The van der Waals surface area contributed by atoms with Crippen molar-refractivity contribution in [2.24, 2.45) is 0 Å². The Bertz CT molecular complexity index is 605. The summed E-state index contributed by atoms with van der Waals surface area (Å²) in [6, 6.07) is 9.68. The van der Waals surface area contributed by atoms with Crippen LogP contribution in [0.25, 0.3) is 0 Å². The molecule has 1 N–H and O–H groups in total. The van der Waals surface area contributed by atoms with Gasteiger partial charge in [-0.3, -0.25) is 4.98 Å². The van der Waals surface area contributed by atoms with Gasteiger partial charge in [-0.1, -0.05) is 6.07 Å². The van der Waals surface area contributed by atoms with Gasteiger partial charge in [-0.05, 0) is 19.1 Å². The van der Waals surface area contributed by atoms with Crippen LogP contribution in [-0.2, 0) is 6.54 Å². The second-order valence-corrected chi connectivity index (χ2v) is 4.35. The van der Waals surface area contributed by atoms with E-state index in [0.717, 1.165) is 11.5 Å². The monoisotopic (exact) mass is 268 g/mol. The number of rotatable bonds is 5. The van der Waals surface area contributed by atoms with Crippen LogP contribution in [-0.4, -0.2) is 28.5 Å². The summed E-state index contributed by atoms with van der Waals surface area (Å²) in [5.41, 5.74) is 0.970. The van der Waals surface area contributed by atoms with E-state index in [1.807, 2.05) is 49.2 Å². The summed E-state index contributed by atoms with van der Waals surface area (Å²) in [4.78, 5) is 14.9. The Morgan fingerprint density at radius 2 is 2.20 bits per heavy atom. The molecule has 2 rings (SSSR count). The molecule has 6 nitrogen and oxygen atoms in total. The highest BCUT2D eigenvalue weighted by Crippen LogP contribution is 2.16. The number of nitrogens with zero attached hydrogens (tertiary/aromatic N) is 5. The zero-order chi connectivity index (χ0) is 14.4. The highest BCUT2D eigenvalue weighted by atomic mass is 15.2. The van der Waals surface area contributed by atoms with Crippen LogP contribution in [0.15, 0.2) is 30.5 Å². The molecule has 20 heavy (non-hydrogen) atoms. The smallest absolute Gasteiger partial charge is 0.134 e. The molecule has 0 aliphatic heterocycles. The maximum Gasteiger partial charge on any atom is 0.134 e. The van der Waals surface area contributed by atoms with E-state index >= 15 is 0 Å². The van der Waals surface area contributed by atoms with E-state index in [9.17, 15) is 0 Å². The highest BCUT2D eigenvalue weighted by Gasteiger charge is 2.07. The minimum atomic E-state index is 0.222. The van der Waals surface area contributed by atoms with Gasteiger partial charge in [0.05, 0.1) is 18.3 Å². The molecular formula is C14H16N6. The van der Waals surface area contributed by atoms with Crippen LogP contribution in [0.3, 0.4) is 0 Å². The third-order valence-electron chi connectivity index (χ3n) is 2.69. The van der Waals surface area contributed by atoms with Crippen molar-refractivity contribution in [3.63, 3.8) is 0 Å².